The average Bonchev–Trinajstić information content (AvgIpc) is 3.39. The van der Waals surface area contributed by atoms with Gasteiger partial charge in [0, 0.05) is 30.7 Å². The smallest absolute Gasteiger partial charge is 0.315 e. The predicted molar refractivity (Wildman–Crippen MR) is 109 cm³/mol. The summed E-state index contributed by atoms with van der Waals surface area (Å²) in [5, 5.41) is 9.27. The first-order valence-electron chi connectivity index (χ1n) is 9.11. The van der Waals surface area contributed by atoms with E-state index in [1.54, 1.807) is 11.3 Å². The van der Waals surface area contributed by atoms with Gasteiger partial charge in [-0.2, -0.15) is 0 Å². The number of amides is 2. The van der Waals surface area contributed by atoms with Crippen molar-refractivity contribution in [1.29, 1.82) is 0 Å². The first-order valence-corrected chi connectivity index (χ1v) is 9.99. The van der Waals surface area contributed by atoms with Crippen LogP contribution < -0.4 is 15.5 Å². The second-order valence-electron chi connectivity index (χ2n) is 6.62. The minimum absolute atomic E-state index is 0.126. The van der Waals surface area contributed by atoms with Gasteiger partial charge >= 0.3 is 6.03 Å². The molecule has 6 heteroatoms. The Balaban J connectivity index is 1.42. The Morgan fingerprint density at radius 2 is 1.74 bits per heavy atom. The molecular weight excluding hydrogens is 356 g/mol. The summed E-state index contributed by atoms with van der Waals surface area (Å²) >= 11 is 1.63. The third-order valence-corrected chi connectivity index (χ3v) is 5.59. The summed E-state index contributed by atoms with van der Waals surface area (Å²) < 4.78 is 0. The fourth-order valence-electron chi connectivity index (χ4n) is 3.43. The first kappa shape index (κ1) is 17.5. The highest BCUT2D eigenvalue weighted by atomic mass is 32.1. The van der Waals surface area contributed by atoms with E-state index in [-0.39, 0.29) is 18.1 Å². The molecule has 0 bridgehead atoms. The molecule has 3 aromatic rings. The third kappa shape index (κ3) is 4.28. The molecule has 0 spiro atoms. The number of carbonyl (C=O) groups is 1. The Morgan fingerprint density at radius 1 is 1.07 bits per heavy atom. The Kier molecular flexibility index (Phi) is 5.34. The lowest BCUT2D eigenvalue weighted by Crippen LogP contribution is -2.44. The third-order valence-electron chi connectivity index (χ3n) is 4.75. The highest BCUT2D eigenvalue weighted by Gasteiger charge is 2.26. The summed E-state index contributed by atoms with van der Waals surface area (Å²) in [7, 11) is 0. The first-order chi connectivity index (χ1) is 13.3. The summed E-state index contributed by atoms with van der Waals surface area (Å²) in [4.78, 5) is 19.3. The molecular formula is C21H22N4OS. The van der Waals surface area contributed by atoms with Crippen molar-refractivity contribution in [3.05, 3.63) is 83.4 Å². The molecule has 1 saturated heterocycles. The van der Waals surface area contributed by atoms with Crippen LogP contribution in [0.15, 0.2) is 72.2 Å². The maximum atomic E-state index is 12.7. The van der Waals surface area contributed by atoms with Crippen LogP contribution in [0.5, 0.6) is 0 Å². The fourth-order valence-corrected chi connectivity index (χ4v) is 4.11. The van der Waals surface area contributed by atoms with E-state index < -0.39 is 0 Å². The van der Waals surface area contributed by atoms with Crippen LogP contribution in [0.3, 0.4) is 0 Å². The molecule has 0 saturated carbocycles. The molecule has 138 valence electrons. The Bertz CT molecular complexity index is 815. The van der Waals surface area contributed by atoms with Gasteiger partial charge in [0.15, 0.2) is 5.13 Å². The van der Waals surface area contributed by atoms with Gasteiger partial charge in [-0.15, -0.1) is 11.3 Å². The van der Waals surface area contributed by atoms with Gasteiger partial charge in [-0.05, 0) is 17.5 Å². The largest absolute Gasteiger partial charge is 0.346 e. The van der Waals surface area contributed by atoms with Crippen LogP contribution in [0.1, 0.15) is 23.6 Å². The van der Waals surface area contributed by atoms with Crippen LogP contribution >= 0.6 is 11.3 Å². The molecule has 0 radical (unpaired) electrons. The van der Waals surface area contributed by atoms with Crippen molar-refractivity contribution in [1.82, 2.24) is 15.6 Å². The number of nitrogens with one attached hydrogen (secondary N) is 2. The van der Waals surface area contributed by atoms with Crippen LogP contribution in [-0.2, 0) is 0 Å². The van der Waals surface area contributed by atoms with Gasteiger partial charge < -0.3 is 15.5 Å². The van der Waals surface area contributed by atoms with Gasteiger partial charge in [0.1, 0.15) is 0 Å². The maximum Gasteiger partial charge on any atom is 0.315 e. The predicted octanol–water partition coefficient (Wildman–Crippen LogP) is 3.81. The number of hydrogen-bond acceptors (Lipinski definition) is 4. The highest BCUT2D eigenvalue weighted by Crippen LogP contribution is 2.23. The van der Waals surface area contributed by atoms with Gasteiger partial charge in [0.2, 0.25) is 0 Å². The maximum absolute atomic E-state index is 12.7. The van der Waals surface area contributed by atoms with Crippen LogP contribution in [-0.4, -0.2) is 30.1 Å². The molecule has 4 rings (SSSR count). The summed E-state index contributed by atoms with van der Waals surface area (Å²) in [6, 6.07) is 19.9. The fraction of sp³-hybridized carbons (Fsp3) is 0.238. The molecule has 2 N–H and O–H groups in total. The van der Waals surface area contributed by atoms with Crippen LogP contribution in [0.25, 0.3) is 0 Å². The standard InChI is InChI=1S/C21H22N4OS/c26-20(23-18-11-13-25(15-18)21-22-12-14-27-21)24-19(16-7-3-1-4-8-16)17-9-5-2-6-10-17/h1-10,12,14,18-19H,11,13,15H2,(H2,23,24,26). The van der Waals surface area contributed by atoms with E-state index in [0.717, 1.165) is 35.8 Å². The number of rotatable bonds is 5. The van der Waals surface area contributed by atoms with Gasteiger partial charge in [-0.3, -0.25) is 0 Å². The zero-order chi connectivity index (χ0) is 18.5. The second-order valence-corrected chi connectivity index (χ2v) is 7.49. The molecule has 1 aliphatic heterocycles. The monoisotopic (exact) mass is 378 g/mol. The molecule has 2 heterocycles. The zero-order valence-electron chi connectivity index (χ0n) is 14.9. The summed E-state index contributed by atoms with van der Waals surface area (Å²) in [5.74, 6) is 0. The lowest BCUT2D eigenvalue weighted by molar-refractivity contribution is 0.235. The number of aromatic nitrogens is 1. The normalized spacial score (nSPS) is 16.5. The number of benzene rings is 2. The topological polar surface area (TPSA) is 57.3 Å². The van der Waals surface area contributed by atoms with Crippen molar-refractivity contribution < 1.29 is 4.79 Å². The lowest BCUT2D eigenvalue weighted by Gasteiger charge is -2.22. The van der Waals surface area contributed by atoms with Crippen molar-refractivity contribution in [2.75, 3.05) is 18.0 Å². The van der Waals surface area contributed by atoms with E-state index in [1.165, 1.54) is 0 Å². The molecule has 5 nitrogen and oxygen atoms in total. The molecule has 2 amide bonds. The van der Waals surface area contributed by atoms with Gasteiger partial charge in [0.05, 0.1) is 6.04 Å². The van der Waals surface area contributed by atoms with Crippen molar-refractivity contribution in [3.8, 4) is 0 Å². The minimum atomic E-state index is -0.177. The Hall–Kier alpha value is -2.86. The van der Waals surface area contributed by atoms with Crippen molar-refractivity contribution in [3.63, 3.8) is 0 Å². The molecule has 2 aromatic carbocycles. The van der Waals surface area contributed by atoms with E-state index in [9.17, 15) is 4.79 Å². The van der Waals surface area contributed by atoms with E-state index in [1.807, 2.05) is 72.2 Å². The minimum Gasteiger partial charge on any atom is -0.346 e. The quantitative estimate of drug-likeness (QED) is 0.710. The Labute approximate surface area is 163 Å². The molecule has 1 fully saturated rings. The van der Waals surface area contributed by atoms with Crippen LogP contribution in [0.2, 0.25) is 0 Å². The summed E-state index contributed by atoms with van der Waals surface area (Å²) in [5.41, 5.74) is 2.13. The Morgan fingerprint density at radius 3 is 2.33 bits per heavy atom. The van der Waals surface area contributed by atoms with Crippen LogP contribution in [0, 0.1) is 0 Å². The van der Waals surface area contributed by atoms with Crippen molar-refractivity contribution in [2.45, 2.75) is 18.5 Å². The molecule has 1 atom stereocenters. The molecule has 0 aliphatic carbocycles. The van der Waals surface area contributed by atoms with Crippen molar-refractivity contribution in [2.24, 2.45) is 0 Å². The molecule has 1 unspecified atom stereocenters. The number of carbonyl (C=O) groups excluding carboxylic acids is 1. The second kappa shape index (κ2) is 8.22. The van der Waals surface area contributed by atoms with Gasteiger partial charge in [-0.25, -0.2) is 9.78 Å². The number of nitrogens with zero attached hydrogens (tertiary/aromatic N) is 2. The summed E-state index contributed by atoms with van der Waals surface area (Å²) in [6.07, 6.45) is 2.74. The van der Waals surface area contributed by atoms with Gasteiger partial charge in [-0.1, -0.05) is 60.7 Å². The van der Waals surface area contributed by atoms with E-state index in [4.69, 9.17) is 0 Å². The molecule has 1 aliphatic rings. The van der Waals surface area contributed by atoms with Crippen molar-refractivity contribution >= 4 is 22.5 Å². The highest BCUT2D eigenvalue weighted by molar-refractivity contribution is 7.13. The van der Waals surface area contributed by atoms with Gasteiger partial charge in [0.25, 0.3) is 0 Å². The molecule has 27 heavy (non-hydrogen) atoms. The lowest BCUT2D eigenvalue weighted by atomic mass is 9.99. The van der Waals surface area contributed by atoms with E-state index >= 15 is 0 Å². The number of hydrogen-bond donors (Lipinski definition) is 2. The number of urea groups is 1. The average molecular weight is 379 g/mol. The number of anilines is 1. The molecule has 1 aromatic heterocycles. The van der Waals surface area contributed by atoms with Crippen LogP contribution in [0.4, 0.5) is 9.93 Å². The van der Waals surface area contributed by atoms with E-state index in [2.05, 4.69) is 20.5 Å². The summed E-state index contributed by atoms with van der Waals surface area (Å²) in [6.45, 7) is 1.71. The number of thiazole rings is 1. The van der Waals surface area contributed by atoms with E-state index in [0.29, 0.717) is 0 Å². The SMILES string of the molecule is O=C(NC1CCN(c2nccs2)C1)NC(c1ccccc1)c1ccccc1. The zero-order valence-corrected chi connectivity index (χ0v) is 15.7.